The van der Waals surface area contributed by atoms with Crippen LogP contribution in [0.4, 0.5) is 0 Å². The number of rotatable bonds is 0. The van der Waals surface area contributed by atoms with Gasteiger partial charge in [-0.1, -0.05) is 11.6 Å². The van der Waals surface area contributed by atoms with E-state index >= 15 is 0 Å². The number of furan rings is 1. The zero-order chi connectivity index (χ0) is 10.8. The molecule has 1 aromatic heterocycles. The molecule has 1 heterocycles. The summed E-state index contributed by atoms with van der Waals surface area (Å²) in [6.45, 7) is 3.99. The highest BCUT2D eigenvalue weighted by Gasteiger charge is 2.07. The Bertz CT molecular complexity index is 617. The van der Waals surface area contributed by atoms with Crippen LogP contribution in [-0.4, -0.2) is 0 Å². The van der Waals surface area contributed by atoms with Crippen molar-refractivity contribution < 1.29 is 4.42 Å². The van der Waals surface area contributed by atoms with E-state index in [4.69, 9.17) is 9.68 Å². The summed E-state index contributed by atoms with van der Waals surface area (Å²) in [5.41, 5.74) is 3.00. The molecule has 0 fully saturated rings. The molecule has 2 rings (SSSR count). The molecule has 2 nitrogen and oxygen atoms in total. The molecule has 2 heteroatoms. The van der Waals surface area contributed by atoms with E-state index in [-0.39, 0.29) is 0 Å². The molecule has 0 saturated heterocycles. The standard InChI is InChI=1S/C13H9NO/c1-9-5-6-13-11(8-9)10(2)12(15-13)4-3-7-14/h5-6,8H,1-2H3. The van der Waals surface area contributed by atoms with Crippen molar-refractivity contribution in [1.82, 2.24) is 0 Å². The monoisotopic (exact) mass is 195 g/mol. The Kier molecular flexibility index (Phi) is 2.20. The highest BCUT2D eigenvalue weighted by atomic mass is 16.3. The van der Waals surface area contributed by atoms with E-state index < -0.39 is 0 Å². The predicted molar refractivity (Wildman–Crippen MR) is 58.2 cm³/mol. The van der Waals surface area contributed by atoms with Gasteiger partial charge >= 0.3 is 0 Å². The van der Waals surface area contributed by atoms with Crippen LogP contribution in [0.1, 0.15) is 16.9 Å². The molecule has 1 aromatic carbocycles. The van der Waals surface area contributed by atoms with Crippen molar-refractivity contribution in [2.75, 3.05) is 0 Å². The first-order chi connectivity index (χ1) is 7.22. The van der Waals surface area contributed by atoms with E-state index in [1.807, 2.05) is 26.0 Å². The Hall–Kier alpha value is -2.19. The van der Waals surface area contributed by atoms with Gasteiger partial charge in [-0.15, -0.1) is 0 Å². The number of nitrogens with zero attached hydrogens (tertiary/aromatic N) is 1. The minimum atomic E-state index is 0.581. The number of benzene rings is 1. The third-order valence-electron chi connectivity index (χ3n) is 2.32. The van der Waals surface area contributed by atoms with Gasteiger partial charge in [-0.25, -0.2) is 0 Å². The Balaban J connectivity index is 2.71. The van der Waals surface area contributed by atoms with Crippen molar-refractivity contribution in [3.8, 4) is 17.9 Å². The normalized spacial score (nSPS) is 9.40. The average molecular weight is 195 g/mol. The topological polar surface area (TPSA) is 36.9 Å². The average Bonchev–Trinajstić information content (AvgIpc) is 2.53. The summed E-state index contributed by atoms with van der Waals surface area (Å²) in [7, 11) is 0. The zero-order valence-corrected chi connectivity index (χ0v) is 8.59. The van der Waals surface area contributed by atoms with Crippen molar-refractivity contribution >= 4 is 11.0 Å². The molecular formula is C13H9NO. The molecule has 2 aromatic rings. The highest BCUT2D eigenvalue weighted by Crippen LogP contribution is 2.25. The molecule has 0 aliphatic heterocycles. The highest BCUT2D eigenvalue weighted by molar-refractivity contribution is 5.83. The first-order valence-electron chi connectivity index (χ1n) is 4.62. The minimum absolute atomic E-state index is 0.581. The molecule has 0 saturated carbocycles. The Morgan fingerprint density at radius 2 is 2.07 bits per heavy atom. The summed E-state index contributed by atoms with van der Waals surface area (Å²) >= 11 is 0. The molecule has 15 heavy (non-hydrogen) atoms. The second-order valence-electron chi connectivity index (χ2n) is 3.42. The summed E-state index contributed by atoms with van der Waals surface area (Å²) in [6, 6.07) is 7.76. The number of hydrogen-bond acceptors (Lipinski definition) is 2. The Morgan fingerprint density at radius 1 is 1.27 bits per heavy atom. The number of fused-ring (bicyclic) bond motifs is 1. The molecule has 0 spiro atoms. The lowest BCUT2D eigenvalue weighted by atomic mass is 10.1. The molecule has 72 valence electrons. The quantitative estimate of drug-likeness (QED) is 0.606. The van der Waals surface area contributed by atoms with E-state index in [2.05, 4.69) is 17.9 Å². The molecule has 0 radical (unpaired) electrons. The van der Waals surface area contributed by atoms with Crippen molar-refractivity contribution in [3.63, 3.8) is 0 Å². The third-order valence-corrected chi connectivity index (χ3v) is 2.32. The summed E-state index contributed by atoms with van der Waals surface area (Å²) in [5, 5.41) is 9.44. The summed E-state index contributed by atoms with van der Waals surface area (Å²) in [6.07, 6.45) is 0. The van der Waals surface area contributed by atoms with E-state index in [9.17, 15) is 0 Å². The zero-order valence-electron chi connectivity index (χ0n) is 8.59. The Morgan fingerprint density at radius 3 is 2.80 bits per heavy atom. The van der Waals surface area contributed by atoms with Crippen LogP contribution < -0.4 is 0 Å². The van der Waals surface area contributed by atoms with Crippen molar-refractivity contribution in [3.05, 3.63) is 35.1 Å². The van der Waals surface area contributed by atoms with Crippen LogP contribution in [0.5, 0.6) is 0 Å². The lowest BCUT2D eigenvalue weighted by molar-refractivity contribution is 0.598. The van der Waals surface area contributed by atoms with Crippen LogP contribution in [0.25, 0.3) is 11.0 Å². The van der Waals surface area contributed by atoms with Crippen LogP contribution in [-0.2, 0) is 0 Å². The van der Waals surface area contributed by atoms with Gasteiger partial charge in [-0.3, -0.25) is 0 Å². The van der Waals surface area contributed by atoms with Gasteiger partial charge in [-0.2, -0.15) is 5.26 Å². The fourth-order valence-corrected chi connectivity index (χ4v) is 1.54. The van der Waals surface area contributed by atoms with Gasteiger partial charge in [0.05, 0.1) is 0 Å². The molecule has 0 bridgehead atoms. The van der Waals surface area contributed by atoms with Gasteiger partial charge in [0.15, 0.2) is 11.8 Å². The van der Waals surface area contributed by atoms with Gasteiger partial charge in [0.25, 0.3) is 0 Å². The van der Waals surface area contributed by atoms with Crippen molar-refractivity contribution in [2.45, 2.75) is 13.8 Å². The summed E-state index contributed by atoms with van der Waals surface area (Å²) < 4.78 is 5.53. The second-order valence-corrected chi connectivity index (χ2v) is 3.42. The molecular weight excluding hydrogens is 186 g/mol. The molecule has 0 N–H and O–H groups in total. The molecule has 0 atom stereocenters. The van der Waals surface area contributed by atoms with Crippen LogP contribution in [0.2, 0.25) is 0 Å². The molecule has 0 amide bonds. The molecule has 0 aliphatic carbocycles. The predicted octanol–water partition coefficient (Wildman–Crippen LogP) is 2.92. The number of hydrogen-bond donors (Lipinski definition) is 0. The van der Waals surface area contributed by atoms with Crippen molar-refractivity contribution in [2.24, 2.45) is 0 Å². The van der Waals surface area contributed by atoms with Crippen LogP contribution in [0.15, 0.2) is 22.6 Å². The second kappa shape index (κ2) is 3.52. The first kappa shape index (κ1) is 9.37. The summed E-state index contributed by atoms with van der Waals surface area (Å²) in [4.78, 5) is 0. The maximum Gasteiger partial charge on any atom is 0.182 e. The number of aryl methyl sites for hydroxylation is 2. The maximum absolute atomic E-state index is 8.37. The maximum atomic E-state index is 8.37. The SMILES string of the molecule is Cc1ccc2oc(C#CC#N)c(C)c2c1. The van der Waals surface area contributed by atoms with Crippen molar-refractivity contribution in [1.29, 1.82) is 5.26 Å². The van der Waals surface area contributed by atoms with Gasteiger partial charge in [-0.05, 0) is 31.9 Å². The van der Waals surface area contributed by atoms with Crippen LogP contribution in [0, 0.1) is 37.0 Å². The lowest BCUT2D eigenvalue weighted by Gasteiger charge is -1.91. The molecule has 0 aliphatic rings. The number of nitriles is 1. The van der Waals surface area contributed by atoms with Gasteiger partial charge in [0, 0.05) is 16.9 Å². The smallest absolute Gasteiger partial charge is 0.182 e. The van der Waals surface area contributed by atoms with Gasteiger partial charge < -0.3 is 4.42 Å². The fraction of sp³-hybridized carbons (Fsp3) is 0.154. The van der Waals surface area contributed by atoms with E-state index in [0.717, 1.165) is 16.5 Å². The first-order valence-corrected chi connectivity index (χ1v) is 4.62. The molecule has 0 unspecified atom stereocenters. The fourth-order valence-electron chi connectivity index (χ4n) is 1.54. The largest absolute Gasteiger partial charge is 0.447 e. The van der Waals surface area contributed by atoms with E-state index in [0.29, 0.717) is 5.76 Å². The van der Waals surface area contributed by atoms with E-state index in [1.165, 1.54) is 5.56 Å². The van der Waals surface area contributed by atoms with Gasteiger partial charge in [0.1, 0.15) is 5.58 Å². The lowest BCUT2D eigenvalue weighted by Crippen LogP contribution is -1.74. The van der Waals surface area contributed by atoms with Gasteiger partial charge in [0.2, 0.25) is 0 Å². The van der Waals surface area contributed by atoms with E-state index in [1.54, 1.807) is 6.07 Å². The third kappa shape index (κ3) is 1.58. The van der Waals surface area contributed by atoms with Crippen LogP contribution in [0.3, 0.4) is 0 Å². The Labute approximate surface area is 88.1 Å². The minimum Gasteiger partial charge on any atom is -0.447 e. The summed E-state index contributed by atoms with van der Waals surface area (Å²) in [5.74, 6) is 5.62. The van der Waals surface area contributed by atoms with Crippen LogP contribution >= 0.6 is 0 Å².